The van der Waals surface area contributed by atoms with Crippen LogP contribution in [0.3, 0.4) is 0 Å². The topological polar surface area (TPSA) is 97.1 Å². The SMILES string of the molecule is CCS(=O)(=O)NC[C@@H](C)NCc1nc(C(C)(C)C)no1. The van der Waals surface area contributed by atoms with Crippen LogP contribution in [0, 0.1) is 0 Å². The van der Waals surface area contributed by atoms with Crippen molar-refractivity contribution < 1.29 is 12.9 Å². The van der Waals surface area contributed by atoms with Crippen LogP contribution in [-0.2, 0) is 22.0 Å². The zero-order valence-electron chi connectivity index (χ0n) is 12.7. The summed E-state index contributed by atoms with van der Waals surface area (Å²) in [5.41, 5.74) is -0.149. The first kappa shape index (κ1) is 17.1. The van der Waals surface area contributed by atoms with E-state index in [1.165, 1.54) is 0 Å². The van der Waals surface area contributed by atoms with E-state index in [9.17, 15) is 8.42 Å². The van der Waals surface area contributed by atoms with Crippen LogP contribution in [0.15, 0.2) is 4.52 Å². The van der Waals surface area contributed by atoms with Gasteiger partial charge in [-0.05, 0) is 13.8 Å². The first-order valence-corrected chi connectivity index (χ1v) is 8.33. The Hall–Kier alpha value is -0.990. The van der Waals surface area contributed by atoms with Gasteiger partial charge in [0.15, 0.2) is 5.82 Å². The van der Waals surface area contributed by atoms with Gasteiger partial charge in [-0.3, -0.25) is 0 Å². The Morgan fingerprint density at radius 2 is 2.00 bits per heavy atom. The molecule has 0 radical (unpaired) electrons. The van der Waals surface area contributed by atoms with Crippen molar-refractivity contribution >= 4 is 10.0 Å². The molecule has 0 unspecified atom stereocenters. The van der Waals surface area contributed by atoms with Gasteiger partial charge < -0.3 is 9.84 Å². The lowest BCUT2D eigenvalue weighted by Gasteiger charge is -2.13. The Balaban J connectivity index is 2.42. The van der Waals surface area contributed by atoms with Crippen LogP contribution >= 0.6 is 0 Å². The van der Waals surface area contributed by atoms with Crippen LogP contribution < -0.4 is 10.0 Å². The lowest BCUT2D eigenvalue weighted by molar-refractivity contribution is 0.348. The van der Waals surface area contributed by atoms with E-state index < -0.39 is 10.0 Å². The van der Waals surface area contributed by atoms with Crippen LogP contribution in [0.2, 0.25) is 0 Å². The predicted octanol–water partition coefficient (Wildman–Crippen LogP) is 0.785. The van der Waals surface area contributed by atoms with Crippen molar-refractivity contribution in [3.8, 4) is 0 Å². The molecule has 0 amide bonds. The molecule has 0 saturated heterocycles. The van der Waals surface area contributed by atoms with E-state index in [0.29, 0.717) is 24.8 Å². The van der Waals surface area contributed by atoms with E-state index in [-0.39, 0.29) is 17.2 Å². The second-order valence-electron chi connectivity index (χ2n) is 5.80. The number of hydrogen-bond acceptors (Lipinski definition) is 6. The van der Waals surface area contributed by atoms with Crippen molar-refractivity contribution in [2.24, 2.45) is 0 Å². The first-order valence-electron chi connectivity index (χ1n) is 6.68. The highest BCUT2D eigenvalue weighted by molar-refractivity contribution is 7.89. The number of aromatic nitrogens is 2. The van der Waals surface area contributed by atoms with Crippen molar-refractivity contribution in [3.05, 3.63) is 11.7 Å². The molecule has 0 aliphatic carbocycles. The Bertz CT molecular complexity index is 519. The van der Waals surface area contributed by atoms with E-state index in [2.05, 4.69) is 20.2 Å². The maximum absolute atomic E-state index is 11.3. The molecular formula is C12H24N4O3S. The maximum atomic E-state index is 11.3. The fourth-order valence-corrected chi connectivity index (χ4v) is 2.03. The van der Waals surface area contributed by atoms with Gasteiger partial charge in [-0.1, -0.05) is 25.9 Å². The minimum Gasteiger partial charge on any atom is -0.338 e. The van der Waals surface area contributed by atoms with Crippen molar-refractivity contribution in [2.75, 3.05) is 12.3 Å². The Morgan fingerprint density at radius 3 is 2.50 bits per heavy atom. The van der Waals surface area contributed by atoms with E-state index >= 15 is 0 Å². The van der Waals surface area contributed by atoms with Crippen LogP contribution in [0.25, 0.3) is 0 Å². The van der Waals surface area contributed by atoms with Gasteiger partial charge in [0, 0.05) is 18.0 Å². The Kier molecular flexibility index (Phi) is 5.67. The molecule has 7 nitrogen and oxygen atoms in total. The van der Waals surface area contributed by atoms with Crippen molar-refractivity contribution in [1.29, 1.82) is 0 Å². The van der Waals surface area contributed by atoms with E-state index in [1.807, 2.05) is 27.7 Å². The number of sulfonamides is 1. The summed E-state index contributed by atoms with van der Waals surface area (Å²) in [6.45, 7) is 10.3. The van der Waals surface area contributed by atoms with Gasteiger partial charge in [-0.15, -0.1) is 0 Å². The molecule has 1 aromatic rings. The van der Waals surface area contributed by atoms with Gasteiger partial charge in [-0.2, -0.15) is 4.98 Å². The van der Waals surface area contributed by atoms with Crippen molar-refractivity contribution in [3.63, 3.8) is 0 Å². The van der Waals surface area contributed by atoms with Crippen molar-refractivity contribution in [1.82, 2.24) is 20.2 Å². The minimum atomic E-state index is -3.15. The van der Waals surface area contributed by atoms with Gasteiger partial charge in [0.05, 0.1) is 12.3 Å². The third-order valence-corrected chi connectivity index (χ3v) is 4.10. The highest BCUT2D eigenvalue weighted by atomic mass is 32.2. The van der Waals surface area contributed by atoms with Crippen LogP contribution in [0.5, 0.6) is 0 Å². The molecule has 0 fully saturated rings. The molecule has 0 spiro atoms. The number of nitrogens with zero attached hydrogens (tertiary/aromatic N) is 2. The summed E-state index contributed by atoms with van der Waals surface area (Å²) in [6, 6.07) is -0.0266. The standard InChI is InChI=1S/C12H24N4O3S/c1-6-20(17,18)14-7-9(2)13-8-10-15-11(16-19-10)12(3,4)5/h9,13-14H,6-8H2,1-5H3/t9-/m1/s1. The van der Waals surface area contributed by atoms with Gasteiger partial charge in [-0.25, -0.2) is 13.1 Å². The third-order valence-electron chi connectivity index (χ3n) is 2.73. The highest BCUT2D eigenvalue weighted by Crippen LogP contribution is 2.18. The molecule has 0 saturated carbocycles. The molecule has 1 atom stereocenters. The lowest BCUT2D eigenvalue weighted by atomic mass is 9.96. The molecule has 20 heavy (non-hydrogen) atoms. The zero-order chi connectivity index (χ0) is 15.4. The van der Waals surface area contributed by atoms with E-state index in [1.54, 1.807) is 6.92 Å². The number of rotatable bonds is 7. The third kappa shape index (κ3) is 5.56. The second-order valence-corrected chi connectivity index (χ2v) is 7.89. The highest BCUT2D eigenvalue weighted by Gasteiger charge is 2.21. The minimum absolute atomic E-state index is 0.0266. The zero-order valence-corrected chi connectivity index (χ0v) is 13.5. The molecule has 1 heterocycles. The van der Waals surface area contributed by atoms with Crippen LogP contribution in [-0.4, -0.2) is 36.9 Å². The Morgan fingerprint density at radius 1 is 1.35 bits per heavy atom. The molecule has 2 N–H and O–H groups in total. The summed E-state index contributed by atoms with van der Waals surface area (Å²) in [6.07, 6.45) is 0. The second kappa shape index (κ2) is 6.64. The monoisotopic (exact) mass is 304 g/mol. The first-order chi connectivity index (χ1) is 9.14. The normalized spacial score (nSPS) is 14.4. The average Bonchev–Trinajstić information content (AvgIpc) is 2.82. The van der Waals surface area contributed by atoms with E-state index in [4.69, 9.17) is 4.52 Å². The summed E-state index contributed by atoms with van der Waals surface area (Å²) < 4.78 is 30.3. The molecule has 0 aliphatic rings. The fourth-order valence-electron chi connectivity index (χ4n) is 1.32. The van der Waals surface area contributed by atoms with Crippen molar-refractivity contribution in [2.45, 2.75) is 52.6 Å². The predicted molar refractivity (Wildman–Crippen MR) is 76.8 cm³/mol. The summed E-state index contributed by atoms with van der Waals surface area (Å²) in [4.78, 5) is 4.30. The smallest absolute Gasteiger partial charge is 0.240 e. The fraction of sp³-hybridized carbons (Fsp3) is 0.833. The lowest BCUT2D eigenvalue weighted by Crippen LogP contribution is -2.39. The molecule has 0 aliphatic heterocycles. The van der Waals surface area contributed by atoms with Gasteiger partial charge in [0.25, 0.3) is 0 Å². The Labute approximate surface area is 120 Å². The van der Waals surface area contributed by atoms with Gasteiger partial charge in [0.2, 0.25) is 15.9 Å². The van der Waals surface area contributed by atoms with Gasteiger partial charge >= 0.3 is 0 Å². The average molecular weight is 304 g/mol. The summed E-state index contributed by atoms with van der Waals surface area (Å²) in [7, 11) is -3.15. The molecule has 0 aromatic carbocycles. The largest absolute Gasteiger partial charge is 0.338 e. The molecule has 116 valence electrons. The maximum Gasteiger partial charge on any atom is 0.240 e. The number of hydrogen-bond donors (Lipinski definition) is 2. The van der Waals surface area contributed by atoms with Gasteiger partial charge in [0.1, 0.15) is 0 Å². The summed E-state index contributed by atoms with van der Waals surface area (Å²) in [5.74, 6) is 1.24. The van der Waals surface area contributed by atoms with Crippen LogP contribution in [0.4, 0.5) is 0 Å². The molecule has 0 bridgehead atoms. The van der Waals surface area contributed by atoms with E-state index in [0.717, 1.165) is 0 Å². The quantitative estimate of drug-likeness (QED) is 0.773. The molecule has 1 rings (SSSR count). The molecule has 1 aromatic heterocycles. The summed E-state index contributed by atoms with van der Waals surface area (Å²) in [5, 5.41) is 7.06. The molecular weight excluding hydrogens is 280 g/mol. The number of nitrogens with one attached hydrogen (secondary N) is 2. The van der Waals surface area contributed by atoms with Crippen LogP contribution in [0.1, 0.15) is 46.3 Å². The summed E-state index contributed by atoms with van der Waals surface area (Å²) >= 11 is 0. The molecule has 8 heteroatoms.